The first-order valence-corrected chi connectivity index (χ1v) is 10.9. The van der Waals surface area contributed by atoms with Crippen LogP contribution in [0.5, 0.6) is 11.5 Å². The third kappa shape index (κ3) is 6.62. The molecule has 178 valence electrons. The number of methoxy groups -OCH3 is 2. The van der Waals surface area contributed by atoms with Gasteiger partial charge < -0.3 is 19.5 Å². The number of esters is 1. The summed E-state index contributed by atoms with van der Waals surface area (Å²) in [7, 11) is 2.76. The SMILES string of the molecule is COC(=O)c1ccc(NC(=O)/C(C#N)=C/c2cc(Cl)c(OCc3cccc(C)c3)c(OC)c2)cc1. The van der Waals surface area contributed by atoms with E-state index >= 15 is 0 Å². The number of carbonyl (C=O) groups is 2. The van der Waals surface area contributed by atoms with E-state index in [1.54, 1.807) is 24.3 Å². The normalized spacial score (nSPS) is 10.8. The van der Waals surface area contributed by atoms with Crippen molar-refractivity contribution in [3.8, 4) is 17.6 Å². The Bertz CT molecular complexity index is 1310. The van der Waals surface area contributed by atoms with Gasteiger partial charge in [-0.3, -0.25) is 4.79 Å². The molecule has 1 amide bonds. The van der Waals surface area contributed by atoms with Gasteiger partial charge in [0.2, 0.25) is 0 Å². The summed E-state index contributed by atoms with van der Waals surface area (Å²) in [5, 5.41) is 12.4. The zero-order valence-corrected chi connectivity index (χ0v) is 20.2. The molecule has 0 saturated carbocycles. The minimum absolute atomic E-state index is 0.145. The van der Waals surface area contributed by atoms with Crippen LogP contribution in [0.3, 0.4) is 0 Å². The van der Waals surface area contributed by atoms with Gasteiger partial charge in [0.25, 0.3) is 5.91 Å². The van der Waals surface area contributed by atoms with Crippen LogP contribution < -0.4 is 14.8 Å². The molecule has 35 heavy (non-hydrogen) atoms. The van der Waals surface area contributed by atoms with Crippen LogP contribution in [-0.2, 0) is 16.1 Å². The Balaban J connectivity index is 1.78. The van der Waals surface area contributed by atoms with Crippen LogP contribution in [0.2, 0.25) is 5.02 Å². The summed E-state index contributed by atoms with van der Waals surface area (Å²) in [6.45, 7) is 2.30. The lowest BCUT2D eigenvalue weighted by molar-refractivity contribution is -0.112. The van der Waals surface area contributed by atoms with Crippen LogP contribution in [0.1, 0.15) is 27.0 Å². The first-order valence-electron chi connectivity index (χ1n) is 10.5. The molecule has 0 fully saturated rings. The summed E-state index contributed by atoms with van der Waals surface area (Å²) >= 11 is 6.44. The van der Waals surface area contributed by atoms with Gasteiger partial charge in [-0.2, -0.15) is 5.26 Å². The van der Waals surface area contributed by atoms with Crippen molar-refractivity contribution in [2.75, 3.05) is 19.5 Å². The zero-order chi connectivity index (χ0) is 25.4. The van der Waals surface area contributed by atoms with Crippen molar-refractivity contribution in [1.82, 2.24) is 0 Å². The summed E-state index contributed by atoms with van der Waals surface area (Å²) in [4.78, 5) is 24.2. The van der Waals surface area contributed by atoms with Gasteiger partial charge in [0.1, 0.15) is 18.2 Å². The van der Waals surface area contributed by atoms with Gasteiger partial charge in [-0.05, 0) is 60.5 Å². The molecule has 3 aromatic rings. The standard InChI is InChI=1S/C27H23ClN2O5/c1-17-5-4-6-18(11-17)16-35-25-23(28)13-19(14-24(25)33-2)12-21(15-29)26(31)30-22-9-7-20(8-10-22)27(32)34-3/h4-14H,16H2,1-3H3,(H,30,31)/b21-12+. The molecule has 0 aromatic heterocycles. The minimum Gasteiger partial charge on any atom is -0.493 e. The van der Waals surface area contributed by atoms with Gasteiger partial charge in [0.05, 0.1) is 24.8 Å². The van der Waals surface area contributed by atoms with Crippen LogP contribution in [0.15, 0.2) is 66.2 Å². The van der Waals surface area contributed by atoms with E-state index in [-0.39, 0.29) is 10.6 Å². The highest BCUT2D eigenvalue weighted by Gasteiger charge is 2.15. The van der Waals surface area contributed by atoms with Crippen LogP contribution in [0, 0.1) is 18.3 Å². The first kappa shape index (κ1) is 25.3. The molecular formula is C27H23ClN2O5. The highest BCUT2D eigenvalue weighted by atomic mass is 35.5. The second-order valence-corrected chi connectivity index (χ2v) is 7.91. The number of anilines is 1. The molecule has 0 radical (unpaired) electrons. The van der Waals surface area contributed by atoms with E-state index in [1.165, 1.54) is 32.4 Å². The second-order valence-electron chi connectivity index (χ2n) is 7.50. The predicted octanol–water partition coefficient (Wildman–Crippen LogP) is 5.57. The largest absolute Gasteiger partial charge is 0.493 e. The van der Waals surface area contributed by atoms with Crippen molar-refractivity contribution in [2.45, 2.75) is 13.5 Å². The van der Waals surface area contributed by atoms with Crippen molar-refractivity contribution in [3.05, 3.63) is 93.5 Å². The predicted molar refractivity (Wildman–Crippen MR) is 134 cm³/mol. The molecule has 0 atom stereocenters. The molecule has 0 heterocycles. The Morgan fingerprint density at radius 1 is 1.09 bits per heavy atom. The second kappa shape index (κ2) is 11.7. The fourth-order valence-electron chi connectivity index (χ4n) is 3.24. The summed E-state index contributed by atoms with van der Waals surface area (Å²) in [6.07, 6.45) is 1.40. The maximum Gasteiger partial charge on any atom is 0.337 e. The third-order valence-electron chi connectivity index (χ3n) is 4.96. The van der Waals surface area contributed by atoms with E-state index in [0.29, 0.717) is 34.9 Å². The van der Waals surface area contributed by atoms with Gasteiger partial charge in [-0.25, -0.2) is 4.79 Å². The van der Waals surface area contributed by atoms with Crippen LogP contribution in [0.25, 0.3) is 6.08 Å². The molecule has 0 bridgehead atoms. The van der Waals surface area contributed by atoms with E-state index in [4.69, 9.17) is 21.1 Å². The summed E-state index contributed by atoms with van der Waals surface area (Å²) in [5.41, 5.74) is 3.20. The van der Waals surface area contributed by atoms with Crippen LogP contribution >= 0.6 is 11.6 Å². The molecule has 0 unspecified atom stereocenters. The topological polar surface area (TPSA) is 97.7 Å². The van der Waals surface area contributed by atoms with Crippen molar-refractivity contribution in [1.29, 1.82) is 5.26 Å². The average molecular weight is 491 g/mol. The van der Waals surface area contributed by atoms with Gasteiger partial charge in [-0.1, -0.05) is 41.4 Å². The Labute approximate surface area is 208 Å². The molecule has 3 rings (SSSR count). The fourth-order valence-corrected chi connectivity index (χ4v) is 3.52. The number of benzene rings is 3. The lowest BCUT2D eigenvalue weighted by Crippen LogP contribution is -2.13. The number of aryl methyl sites for hydroxylation is 1. The average Bonchev–Trinajstić information content (AvgIpc) is 2.86. The number of carbonyl (C=O) groups excluding carboxylic acids is 2. The van der Waals surface area contributed by atoms with E-state index in [0.717, 1.165) is 11.1 Å². The summed E-state index contributed by atoms with van der Waals surface area (Å²) in [5.74, 6) is -0.375. The Hall–Kier alpha value is -4.28. The molecule has 3 aromatic carbocycles. The Morgan fingerprint density at radius 3 is 2.46 bits per heavy atom. The number of nitrogens with zero attached hydrogens (tertiary/aromatic N) is 1. The summed E-state index contributed by atoms with van der Waals surface area (Å²) < 4.78 is 16.0. The fraction of sp³-hybridized carbons (Fsp3) is 0.148. The smallest absolute Gasteiger partial charge is 0.337 e. The number of hydrogen-bond acceptors (Lipinski definition) is 6. The lowest BCUT2D eigenvalue weighted by atomic mass is 10.1. The van der Waals surface area contributed by atoms with Crippen LogP contribution in [-0.4, -0.2) is 26.1 Å². The number of nitriles is 1. The van der Waals surface area contributed by atoms with E-state index in [9.17, 15) is 14.9 Å². The molecule has 8 heteroatoms. The Kier molecular flexibility index (Phi) is 8.49. The minimum atomic E-state index is -0.617. The van der Waals surface area contributed by atoms with Gasteiger partial charge in [-0.15, -0.1) is 0 Å². The van der Waals surface area contributed by atoms with E-state index in [1.807, 2.05) is 37.3 Å². The third-order valence-corrected chi connectivity index (χ3v) is 5.24. The van der Waals surface area contributed by atoms with Gasteiger partial charge >= 0.3 is 5.97 Å². The van der Waals surface area contributed by atoms with E-state index in [2.05, 4.69) is 10.1 Å². The van der Waals surface area contributed by atoms with Crippen molar-refractivity contribution < 1.29 is 23.8 Å². The molecular weight excluding hydrogens is 468 g/mol. The molecule has 0 aliphatic rings. The maximum atomic E-state index is 12.6. The maximum absolute atomic E-state index is 12.6. The molecule has 1 N–H and O–H groups in total. The Morgan fingerprint density at radius 2 is 1.83 bits per heavy atom. The quantitative estimate of drug-likeness (QED) is 0.252. The highest BCUT2D eigenvalue weighted by Crippen LogP contribution is 2.37. The van der Waals surface area contributed by atoms with Gasteiger partial charge in [0.15, 0.2) is 11.5 Å². The number of nitrogens with one attached hydrogen (secondary N) is 1. The van der Waals surface area contributed by atoms with Crippen molar-refractivity contribution in [2.24, 2.45) is 0 Å². The van der Waals surface area contributed by atoms with Gasteiger partial charge in [0, 0.05) is 5.69 Å². The van der Waals surface area contributed by atoms with E-state index < -0.39 is 11.9 Å². The lowest BCUT2D eigenvalue weighted by Gasteiger charge is -2.14. The molecule has 0 spiro atoms. The molecule has 0 saturated heterocycles. The van der Waals surface area contributed by atoms with Crippen LogP contribution in [0.4, 0.5) is 5.69 Å². The number of ether oxygens (including phenoxy) is 3. The zero-order valence-electron chi connectivity index (χ0n) is 19.4. The first-order chi connectivity index (χ1) is 16.8. The molecule has 0 aliphatic carbocycles. The molecule has 7 nitrogen and oxygen atoms in total. The number of amides is 1. The van der Waals surface area contributed by atoms with Crippen molar-refractivity contribution in [3.63, 3.8) is 0 Å². The monoisotopic (exact) mass is 490 g/mol. The number of hydrogen-bond donors (Lipinski definition) is 1. The van der Waals surface area contributed by atoms with Crippen molar-refractivity contribution >= 4 is 35.2 Å². The summed E-state index contributed by atoms with van der Waals surface area (Å²) in [6, 6.07) is 19.1. The number of rotatable bonds is 8. The highest BCUT2D eigenvalue weighted by molar-refractivity contribution is 6.32. The number of halogens is 1. The molecule has 0 aliphatic heterocycles.